The number of esters is 2. The molecular weight excluding hydrogens is 352 g/mol. The Balaban J connectivity index is 2.39. The SMILES string of the molecule is CCOC(=O)[C@H]1C[C@@](CC(C)C)(C(=O)OC(C)(C)C)N[C@H]1c1nccs1. The second-order valence-electron chi connectivity index (χ2n) is 8.24. The summed E-state index contributed by atoms with van der Waals surface area (Å²) >= 11 is 1.47. The molecule has 0 aliphatic carbocycles. The lowest BCUT2D eigenvalue weighted by Crippen LogP contribution is -2.52. The first-order chi connectivity index (χ1) is 12.1. The number of ether oxygens (including phenoxy) is 2. The Kier molecular flexibility index (Phi) is 6.45. The van der Waals surface area contributed by atoms with Crippen molar-refractivity contribution in [3.63, 3.8) is 0 Å². The maximum Gasteiger partial charge on any atom is 0.326 e. The lowest BCUT2D eigenvalue weighted by molar-refractivity contribution is -0.163. The molecule has 0 spiro atoms. The van der Waals surface area contributed by atoms with Gasteiger partial charge in [-0.25, -0.2) is 4.98 Å². The molecule has 1 fully saturated rings. The van der Waals surface area contributed by atoms with Gasteiger partial charge in [0, 0.05) is 11.6 Å². The van der Waals surface area contributed by atoms with Gasteiger partial charge in [-0.1, -0.05) is 13.8 Å². The molecule has 0 unspecified atom stereocenters. The first-order valence-corrected chi connectivity index (χ1v) is 10.0. The van der Waals surface area contributed by atoms with Crippen molar-refractivity contribution in [1.29, 1.82) is 0 Å². The standard InChI is InChI=1S/C19H30N2O4S/c1-7-24-16(22)13-11-19(10-12(2)3,17(23)25-18(4,5)6)21-14(13)15-20-8-9-26-15/h8-9,12-14,21H,7,10-11H2,1-6H3/t13-,14+,19-/m0/s1. The number of aromatic nitrogens is 1. The van der Waals surface area contributed by atoms with Crippen LogP contribution in [0, 0.1) is 11.8 Å². The molecule has 1 N–H and O–H groups in total. The van der Waals surface area contributed by atoms with E-state index in [1.165, 1.54) is 11.3 Å². The van der Waals surface area contributed by atoms with Crippen LogP contribution in [0.2, 0.25) is 0 Å². The van der Waals surface area contributed by atoms with Crippen molar-refractivity contribution < 1.29 is 19.1 Å². The van der Waals surface area contributed by atoms with Gasteiger partial charge in [-0.15, -0.1) is 11.3 Å². The maximum absolute atomic E-state index is 13.1. The second-order valence-corrected chi connectivity index (χ2v) is 9.16. The van der Waals surface area contributed by atoms with E-state index < -0.39 is 17.1 Å². The van der Waals surface area contributed by atoms with Crippen LogP contribution in [-0.4, -0.2) is 34.7 Å². The Morgan fingerprint density at radius 2 is 2.12 bits per heavy atom. The average Bonchev–Trinajstić information content (AvgIpc) is 3.12. The number of nitrogens with zero attached hydrogens (tertiary/aromatic N) is 1. The van der Waals surface area contributed by atoms with Crippen LogP contribution in [0.4, 0.5) is 0 Å². The van der Waals surface area contributed by atoms with E-state index in [9.17, 15) is 9.59 Å². The van der Waals surface area contributed by atoms with Crippen molar-refractivity contribution in [3.05, 3.63) is 16.6 Å². The summed E-state index contributed by atoms with van der Waals surface area (Å²) in [6.07, 6.45) is 2.64. The van der Waals surface area contributed by atoms with Crippen LogP contribution in [0.15, 0.2) is 11.6 Å². The number of carbonyl (C=O) groups excluding carboxylic acids is 2. The van der Waals surface area contributed by atoms with Crippen molar-refractivity contribution >= 4 is 23.3 Å². The van der Waals surface area contributed by atoms with Gasteiger partial charge in [-0.05, 0) is 46.5 Å². The molecule has 0 saturated carbocycles. The van der Waals surface area contributed by atoms with E-state index in [4.69, 9.17) is 9.47 Å². The molecule has 1 aromatic rings. The van der Waals surface area contributed by atoms with Crippen LogP contribution in [-0.2, 0) is 19.1 Å². The molecule has 0 aromatic carbocycles. The molecule has 1 aliphatic rings. The third kappa shape index (κ3) is 4.82. The van der Waals surface area contributed by atoms with Gasteiger partial charge in [0.1, 0.15) is 16.1 Å². The smallest absolute Gasteiger partial charge is 0.326 e. The molecule has 6 nitrogen and oxygen atoms in total. The van der Waals surface area contributed by atoms with Crippen LogP contribution < -0.4 is 5.32 Å². The number of nitrogens with one attached hydrogen (secondary N) is 1. The monoisotopic (exact) mass is 382 g/mol. The fourth-order valence-electron chi connectivity index (χ4n) is 3.48. The first kappa shape index (κ1) is 20.8. The molecule has 3 atom stereocenters. The Labute approximate surface area is 159 Å². The number of hydrogen-bond donors (Lipinski definition) is 1. The molecule has 0 radical (unpaired) electrons. The summed E-state index contributed by atoms with van der Waals surface area (Å²) in [5, 5.41) is 6.08. The molecule has 0 bridgehead atoms. The molecule has 7 heteroatoms. The molecule has 0 amide bonds. The van der Waals surface area contributed by atoms with E-state index in [1.54, 1.807) is 13.1 Å². The fraction of sp³-hybridized carbons (Fsp3) is 0.737. The number of rotatable bonds is 6. The van der Waals surface area contributed by atoms with Crippen LogP contribution in [0.3, 0.4) is 0 Å². The molecule has 26 heavy (non-hydrogen) atoms. The van der Waals surface area contributed by atoms with Crippen molar-refractivity contribution in [2.24, 2.45) is 11.8 Å². The predicted molar refractivity (Wildman–Crippen MR) is 101 cm³/mol. The minimum atomic E-state index is -0.921. The molecule has 1 aromatic heterocycles. The zero-order valence-electron chi connectivity index (χ0n) is 16.5. The van der Waals surface area contributed by atoms with Crippen molar-refractivity contribution in [2.45, 2.75) is 71.6 Å². The molecule has 1 saturated heterocycles. The van der Waals surface area contributed by atoms with Gasteiger partial charge < -0.3 is 9.47 Å². The summed E-state index contributed by atoms with van der Waals surface area (Å²) in [7, 11) is 0. The quantitative estimate of drug-likeness (QED) is 0.759. The second kappa shape index (κ2) is 8.05. The van der Waals surface area contributed by atoms with Gasteiger partial charge >= 0.3 is 11.9 Å². The van der Waals surface area contributed by atoms with Crippen LogP contribution in [0.1, 0.15) is 65.4 Å². The largest absolute Gasteiger partial charge is 0.466 e. The molecule has 2 heterocycles. The van der Waals surface area contributed by atoms with E-state index >= 15 is 0 Å². The minimum absolute atomic E-state index is 0.257. The number of carbonyl (C=O) groups is 2. The Bertz CT molecular complexity index is 624. The van der Waals surface area contributed by atoms with Gasteiger partial charge in [-0.2, -0.15) is 0 Å². The average molecular weight is 383 g/mol. The summed E-state index contributed by atoms with van der Waals surface area (Å²) in [5.74, 6) is -0.818. The third-order valence-corrected chi connectivity index (χ3v) is 5.11. The Hall–Kier alpha value is -1.47. The molecule has 1 aliphatic heterocycles. The van der Waals surface area contributed by atoms with Crippen molar-refractivity contribution in [1.82, 2.24) is 10.3 Å². The fourth-order valence-corrected chi connectivity index (χ4v) is 4.23. The zero-order valence-corrected chi connectivity index (χ0v) is 17.3. The summed E-state index contributed by atoms with van der Waals surface area (Å²) < 4.78 is 11.0. The summed E-state index contributed by atoms with van der Waals surface area (Å²) in [4.78, 5) is 30.1. The number of thiazole rings is 1. The normalized spacial score (nSPS) is 26.1. The first-order valence-electron chi connectivity index (χ1n) is 9.15. The van der Waals surface area contributed by atoms with Gasteiger partial charge in [-0.3, -0.25) is 14.9 Å². The van der Waals surface area contributed by atoms with Crippen LogP contribution in [0.5, 0.6) is 0 Å². The van der Waals surface area contributed by atoms with Crippen LogP contribution >= 0.6 is 11.3 Å². The van der Waals surface area contributed by atoms with E-state index in [0.717, 1.165) is 5.01 Å². The summed E-state index contributed by atoms with van der Waals surface area (Å²) in [5.41, 5.74) is -1.52. The Morgan fingerprint density at radius 1 is 1.42 bits per heavy atom. The third-order valence-electron chi connectivity index (χ3n) is 4.26. The van der Waals surface area contributed by atoms with E-state index in [0.29, 0.717) is 19.4 Å². The van der Waals surface area contributed by atoms with Gasteiger partial charge in [0.2, 0.25) is 0 Å². The van der Waals surface area contributed by atoms with Crippen molar-refractivity contribution in [2.75, 3.05) is 6.61 Å². The Morgan fingerprint density at radius 3 is 2.62 bits per heavy atom. The van der Waals surface area contributed by atoms with Crippen LogP contribution in [0.25, 0.3) is 0 Å². The van der Waals surface area contributed by atoms with Gasteiger partial charge in [0.25, 0.3) is 0 Å². The van der Waals surface area contributed by atoms with Crippen molar-refractivity contribution in [3.8, 4) is 0 Å². The summed E-state index contributed by atoms with van der Waals surface area (Å²) in [6, 6.07) is -0.347. The van der Waals surface area contributed by atoms with E-state index in [2.05, 4.69) is 24.1 Å². The number of hydrogen-bond acceptors (Lipinski definition) is 7. The van der Waals surface area contributed by atoms with E-state index in [-0.39, 0.29) is 23.9 Å². The highest BCUT2D eigenvalue weighted by Crippen LogP contribution is 2.43. The lowest BCUT2D eigenvalue weighted by Gasteiger charge is -2.33. The summed E-state index contributed by atoms with van der Waals surface area (Å²) in [6.45, 7) is 11.8. The molecule has 146 valence electrons. The molecular formula is C19H30N2O4S. The zero-order chi connectivity index (χ0) is 19.5. The van der Waals surface area contributed by atoms with Gasteiger partial charge in [0.05, 0.1) is 18.6 Å². The lowest BCUT2D eigenvalue weighted by atomic mass is 9.84. The highest BCUT2D eigenvalue weighted by Gasteiger charge is 2.55. The highest BCUT2D eigenvalue weighted by atomic mass is 32.1. The van der Waals surface area contributed by atoms with Gasteiger partial charge in [0.15, 0.2) is 0 Å². The maximum atomic E-state index is 13.1. The minimum Gasteiger partial charge on any atom is -0.466 e. The molecule has 2 rings (SSSR count). The topological polar surface area (TPSA) is 77.5 Å². The highest BCUT2D eigenvalue weighted by molar-refractivity contribution is 7.09. The van der Waals surface area contributed by atoms with E-state index in [1.807, 2.05) is 26.2 Å². The predicted octanol–water partition coefficient (Wildman–Crippen LogP) is 3.48.